The van der Waals surface area contributed by atoms with Gasteiger partial charge in [0.05, 0.1) is 11.2 Å². The summed E-state index contributed by atoms with van der Waals surface area (Å²) in [6.07, 6.45) is 0. The van der Waals surface area contributed by atoms with E-state index in [1.807, 2.05) is 97.1 Å². The average Bonchev–Trinajstić information content (AvgIpc) is 3.54. The van der Waals surface area contributed by atoms with Crippen molar-refractivity contribution in [2.24, 2.45) is 0 Å². The number of benzene rings is 7. The number of fused-ring (bicyclic) bond motifs is 3. The lowest BCUT2D eigenvalue weighted by Crippen LogP contribution is -2.25. The maximum atomic E-state index is 15.3. The lowest BCUT2D eigenvalue weighted by atomic mass is 9.94. The predicted octanol–water partition coefficient (Wildman–Crippen LogP) is 9.15. The Bertz CT molecular complexity index is 2290. The maximum Gasteiger partial charge on any atom is 0.171 e. The van der Waals surface area contributed by atoms with E-state index in [2.05, 4.69) is 83.5 Å². The normalized spacial score (nSPS) is 11.6. The van der Waals surface area contributed by atoms with Crippen molar-refractivity contribution in [1.29, 1.82) is 0 Å². The van der Waals surface area contributed by atoms with Crippen LogP contribution in [0.25, 0.3) is 49.7 Å². The molecule has 1 aromatic heterocycles. The first-order valence-electron chi connectivity index (χ1n) is 15.1. The molecule has 0 spiro atoms. The molecule has 0 aliphatic heterocycles. The number of aromatic nitrogens is 2. The summed E-state index contributed by atoms with van der Waals surface area (Å²) in [5.41, 5.74) is 6.05. The molecule has 0 amide bonds. The highest BCUT2D eigenvalue weighted by molar-refractivity contribution is 7.85. The fourth-order valence-electron chi connectivity index (χ4n) is 6.36. The van der Waals surface area contributed by atoms with Gasteiger partial charge in [-0.2, -0.15) is 5.10 Å². The molecule has 0 fully saturated rings. The van der Waals surface area contributed by atoms with Gasteiger partial charge in [0, 0.05) is 32.2 Å². The number of hydrogen-bond acceptors (Lipinski definition) is 2. The molecule has 45 heavy (non-hydrogen) atoms. The summed E-state index contributed by atoms with van der Waals surface area (Å²) in [4.78, 5) is 0. The standard InChI is InChI=1S/C41H29N2OP/c44-45(34-22-9-3-10-23-34,35-24-11-4-12-25-35)36-26-15-19-32(28-36)40-39-38(30-16-5-1-6-17-30)29-31-18-13-14-27-37(31)41(39)43(42-40)33-20-7-2-8-21-33/h1-29H. The maximum absolute atomic E-state index is 15.3. The van der Waals surface area contributed by atoms with Crippen LogP contribution in [0.1, 0.15) is 0 Å². The van der Waals surface area contributed by atoms with E-state index in [4.69, 9.17) is 5.10 Å². The Morgan fingerprint density at radius 3 is 1.69 bits per heavy atom. The fraction of sp³-hybridized carbons (Fsp3) is 0. The van der Waals surface area contributed by atoms with Crippen molar-refractivity contribution in [3.8, 4) is 28.1 Å². The summed E-state index contributed by atoms with van der Waals surface area (Å²) >= 11 is 0. The van der Waals surface area contributed by atoms with E-state index in [0.29, 0.717) is 0 Å². The average molecular weight is 597 g/mol. The van der Waals surface area contributed by atoms with E-state index in [9.17, 15) is 0 Å². The first kappa shape index (κ1) is 27.1. The Morgan fingerprint density at radius 2 is 1.02 bits per heavy atom. The van der Waals surface area contributed by atoms with Gasteiger partial charge in [-0.15, -0.1) is 0 Å². The van der Waals surface area contributed by atoms with Crippen molar-refractivity contribution in [1.82, 2.24) is 9.78 Å². The van der Waals surface area contributed by atoms with Crippen LogP contribution >= 0.6 is 7.14 Å². The molecule has 4 heteroatoms. The molecule has 0 aliphatic carbocycles. The fourth-order valence-corrected chi connectivity index (χ4v) is 9.06. The number of nitrogens with zero attached hydrogens (tertiary/aromatic N) is 2. The Balaban J connectivity index is 1.46. The van der Waals surface area contributed by atoms with Crippen molar-refractivity contribution in [3.63, 3.8) is 0 Å². The topological polar surface area (TPSA) is 34.9 Å². The summed E-state index contributed by atoms with van der Waals surface area (Å²) in [7, 11) is -3.18. The van der Waals surface area contributed by atoms with Gasteiger partial charge in [-0.3, -0.25) is 0 Å². The lowest BCUT2D eigenvalue weighted by molar-refractivity contribution is 0.592. The minimum atomic E-state index is -3.18. The van der Waals surface area contributed by atoms with Crippen LogP contribution in [-0.4, -0.2) is 9.78 Å². The second kappa shape index (κ2) is 11.2. The Kier molecular flexibility index (Phi) is 6.74. The highest BCUT2D eigenvalue weighted by Gasteiger charge is 2.30. The molecule has 0 N–H and O–H groups in total. The van der Waals surface area contributed by atoms with Gasteiger partial charge in [0.25, 0.3) is 0 Å². The van der Waals surface area contributed by atoms with Crippen LogP contribution in [0, 0.1) is 0 Å². The molecule has 8 aromatic rings. The monoisotopic (exact) mass is 596 g/mol. The summed E-state index contributed by atoms with van der Waals surface area (Å²) in [6.45, 7) is 0. The summed E-state index contributed by atoms with van der Waals surface area (Å²) in [5, 5.41) is 11.1. The minimum absolute atomic E-state index is 0.780. The van der Waals surface area contributed by atoms with E-state index in [-0.39, 0.29) is 0 Å². The molecule has 0 saturated carbocycles. The van der Waals surface area contributed by atoms with Gasteiger partial charge in [0.1, 0.15) is 5.69 Å². The van der Waals surface area contributed by atoms with Crippen LogP contribution in [0.5, 0.6) is 0 Å². The quantitative estimate of drug-likeness (QED) is 0.180. The summed E-state index contributed by atoms with van der Waals surface area (Å²) in [5.74, 6) is 0. The summed E-state index contributed by atoms with van der Waals surface area (Å²) in [6, 6.07) is 59.4. The van der Waals surface area contributed by atoms with Gasteiger partial charge in [-0.1, -0.05) is 152 Å². The van der Waals surface area contributed by atoms with Crippen molar-refractivity contribution < 1.29 is 4.57 Å². The second-order valence-corrected chi connectivity index (χ2v) is 13.9. The van der Waals surface area contributed by atoms with E-state index < -0.39 is 7.14 Å². The predicted molar refractivity (Wildman–Crippen MR) is 189 cm³/mol. The van der Waals surface area contributed by atoms with Gasteiger partial charge < -0.3 is 4.57 Å². The molecular weight excluding hydrogens is 567 g/mol. The van der Waals surface area contributed by atoms with E-state index in [0.717, 1.165) is 65.7 Å². The highest BCUT2D eigenvalue weighted by Crippen LogP contribution is 2.45. The van der Waals surface area contributed by atoms with E-state index >= 15 is 4.57 Å². The van der Waals surface area contributed by atoms with Gasteiger partial charge in [0.15, 0.2) is 7.14 Å². The van der Waals surface area contributed by atoms with Crippen molar-refractivity contribution in [2.75, 3.05) is 0 Å². The zero-order valence-electron chi connectivity index (χ0n) is 24.5. The van der Waals surface area contributed by atoms with Crippen LogP contribution in [0.4, 0.5) is 0 Å². The number of hydrogen-bond donors (Lipinski definition) is 0. The zero-order valence-corrected chi connectivity index (χ0v) is 25.4. The van der Waals surface area contributed by atoms with Gasteiger partial charge in [-0.05, 0) is 40.8 Å². The van der Waals surface area contributed by atoms with Crippen LogP contribution in [0.15, 0.2) is 176 Å². The third kappa shape index (κ3) is 4.61. The smallest absolute Gasteiger partial charge is 0.171 e. The molecule has 0 atom stereocenters. The summed E-state index contributed by atoms with van der Waals surface area (Å²) < 4.78 is 17.4. The van der Waals surface area contributed by atoms with E-state index in [1.54, 1.807) is 0 Å². The van der Waals surface area contributed by atoms with Gasteiger partial charge in [0.2, 0.25) is 0 Å². The van der Waals surface area contributed by atoms with Crippen molar-refractivity contribution in [3.05, 3.63) is 176 Å². The third-order valence-corrected chi connectivity index (χ3v) is 11.5. The lowest BCUT2D eigenvalue weighted by Gasteiger charge is -2.20. The minimum Gasteiger partial charge on any atom is -0.309 e. The molecule has 0 radical (unpaired) electrons. The molecule has 8 rings (SSSR count). The molecule has 0 unspecified atom stereocenters. The molecule has 1 heterocycles. The molecule has 0 aliphatic rings. The molecule has 0 bridgehead atoms. The highest BCUT2D eigenvalue weighted by atomic mass is 31.2. The van der Waals surface area contributed by atoms with Crippen LogP contribution < -0.4 is 15.9 Å². The van der Waals surface area contributed by atoms with Crippen LogP contribution in [0.2, 0.25) is 0 Å². The zero-order chi connectivity index (χ0) is 30.2. The number of rotatable bonds is 6. The molecule has 0 saturated heterocycles. The van der Waals surface area contributed by atoms with Crippen LogP contribution in [-0.2, 0) is 4.57 Å². The van der Waals surface area contributed by atoms with E-state index in [1.165, 1.54) is 0 Å². The number of para-hydroxylation sites is 1. The van der Waals surface area contributed by atoms with Crippen LogP contribution in [0.3, 0.4) is 0 Å². The third-order valence-electron chi connectivity index (χ3n) is 8.48. The largest absolute Gasteiger partial charge is 0.309 e. The molecule has 214 valence electrons. The van der Waals surface area contributed by atoms with Gasteiger partial charge >= 0.3 is 0 Å². The Morgan fingerprint density at radius 1 is 0.489 bits per heavy atom. The molecule has 3 nitrogen and oxygen atoms in total. The van der Waals surface area contributed by atoms with Crippen molar-refractivity contribution >= 4 is 44.7 Å². The molecular formula is C41H29N2OP. The van der Waals surface area contributed by atoms with Gasteiger partial charge in [-0.25, -0.2) is 4.68 Å². The second-order valence-electron chi connectivity index (χ2n) is 11.2. The SMILES string of the molecule is O=P(c1ccccc1)(c1ccccc1)c1cccc(-c2nn(-c3ccccc3)c3c2c(-c2ccccc2)cc2ccccc23)c1. The first-order chi connectivity index (χ1) is 22.2. The molecule has 7 aromatic carbocycles. The van der Waals surface area contributed by atoms with Crippen molar-refractivity contribution in [2.45, 2.75) is 0 Å². The Hall–Kier alpha value is -5.50. The Labute approximate surface area is 262 Å². The first-order valence-corrected chi connectivity index (χ1v) is 16.8.